The topological polar surface area (TPSA) is 0 Å². The number of aryl methyl sites for hydroxylation is 2. The van der Waals surface area contributed by atoms with Crippen molar-refractivity contribution in [2.45, 2.75) is 13.8 Å². The number of rotatable bonds is 0. The number of hydrogen-bond acceptors (Lipinski definition) is 0. The molecular weight excluding hydrogens is 96.1 g/mol. The van der Waals surface area contributed by atoms with Gasteiger partial charge in [0.2, 0.25) is 0 Å². The fraction of sp³-hybridized carbons (Fsp3) is 0.250. The Kier molecular flexibility index (Phi) is 0.819. The molecule has 0 aliphatic rings. The molecule has 0 heterocycles. The third-order valence-corrected chi connectivity index (χ3v) is 1.08. The van der Waals surface area contributed by atoms with Crippen molar-refractivity contribution in [3.8, 4) is 0 Å². The van der Waals surface area contributed by atoms with Crippen molar-refractivity contribution in [2.75, 3.05) is 0 Å². The normalized spacial score (nSPS) is 13.2. The van der Waals surface area contributed by atoms with Crippen LogP contribution in [0.25, 0.3) is 0 Å². The van der Waals surface area contributed by atoms with E-state index in [1.54, 1.807) is 0 Å². The first-order valence-corrected chi connectivity index (χ1v) is 2.61. The van der Waals surface area contributed by atoms with Gasteiger partial charge in [-0.05, 0) is 13.8 Å². The second-order valence-electron chi connectivity index (χ2n) is 1.91. The minimum Gasteiger partial charge on any atom is -0.0591 e. The van der Waals surface area contributed by atoms with E-state index in [-0.39, 0.29) is 0 Å². The molecule has 0 heteroatoms. The zero-order chi connectivity index (χ0) is 7.56. The zero-order valence-corrected chi connectivity index (χ0v) is 4.89. The fourth-order valence-corrected chi connectivity index (χ4v) is 0.566. The number of benzene rings is 1. The maximum absolute atomic E-state index is 7.06. The quantitative estimate of drug-likeness (QED) is 0.478. The lowest BCUT2D eigenvalue weighted by molar-refractivity contribution is 1.40. The highest BCUT2D eigenvalue weighted by molar-refractivity contribution is 5.19. The van der Waals surface area contributed by atoms with Crippen LogP contribution in [0.2, 0.25) is 0 Å². The standard InChI is InChI=1S/C8H10/c1-7-3-5-8(2)6-4-7/h3-6H,1-2H3/i1D2. The van der Waals surface area contributed by atoms with Gasteiger partial charge in [0.1, 0.15) is 0 Å². The molecule has 0 amide bonds. The molecule has 0 fully saturated rings. The summed E-state index contributed by atoms with van der Waals surface area (Å²) in [5.41, 5.74) is 1.93. The number of hydrogen-bond donors (Lipinski definition) is 0. The lowest BCUT2D eigenvalue weighted by Crippen LogP contribution is -1.70. The molecular formula is C8H10. The van der Waals surface area contributed by atoms with E-state index in [9.17, 15) is 0 Å². The highest BCUT2D eigenvalue weighted by Gasteiger charge is 1.79. The van der Waals surface area contributed by atoms with Crippen molar-refractivity contribution in [3.63, 3.8) is 0 Å². The Morgan fingerprint density at radius 1 is 1.12 bits per heavy atom. The van der Waals surface area contributed by atoms with Crippen LogP contribution >= 0.6 is 0 Å². The SMILES string of the molecule is [2H]C([2H])c1ccc(C)cc1. The molecule has 0 saturated carbocycles. The van der Waals surface area contributed by atoms with Crippen LogP contribution < -0.4 is 0 Å². The molecule has 0 bridgehead atoms. The molecule has 0 saturated heterocycles. The Morgan fingerprint density at radius 2 is 1.62 bits per heavy atom. The van der Waals surface area contributed by atoms with E-state index in [1.165, 1.54) is 5.56 Å². The summed E-state index contributed by atoms with van der Waals surface area (Å²) in [4.78, 5) is 0. The molecule has 0 aliphatic carbocycles. The van der Waals surface area contributed by atoms with E-state index in [0.29, 0.717) is 0 Å². The minimum absolute atomic E-state index is 0.755. The molecule has 0 spiro atoms. The van der Waals surface area contributed by atoms with Gasteiger partial charge in [0.05, 0.1) is 0 Å². The van der Waals surface area contributed by atoms with Crippen LogP contribution in [0.5, 0.6) is 0 Å². The van der Waals surface area contributed by atoms with Crippen LogP contribution in [0, 0.1) is 13.8 Å². The van der Waals surface area contributed by atoms with Gasteiger partial charge in [0.15, 0.2) is 0 Å². The molecule has 0 nitrogen and oxygen atoms in total. The van der Waals surface area contributed by atoms with Crippen LogP contribution in [0.4, 0.5) is 0 Å². The Hall–Kier alpha value is -0.780. The van der Waals surface area contributed by atoms with Crippen LogP contribution in [-0.2, 0) is 0 Å². The first-order chi connectivity index (χ1) is 4.70. The molecule has 0 aromatic heterocycles. The monoisotopic (exact) mass is 108 g/mol. The maximum Gasteiger partial charge on any atom is 0.0280 e. The van der Waals surface area contributed by atoms with E-state index in [1.807, 2.05) is 31.2 Å². The van der Waals surface area contributed by atoms with Gasteiger partial charge in [-0.3, -0.25) is 0 Å². The highest BCUT2D eigenvalue weighted by atomic mass is 13.9. The van der Waals surface area contributed by atoms with E-state index < -0.39 is 6.88 Å². The average molecular weight is 108 g/mol. The van der Waals surface area contributed by atoms with Gasteiger partial charge in [0.25, 0.3) is 0 Å². The molecule has 42 valence electrons. The van der Waals surface area contributed by atoms with Crippen LogP contribution in [0.15, 0.2) is 24.3 Å². The molecule has 0 aliphatic heterocycles. The predicted octanol–water partition coefficient (Wildman–Crippen LogP) is 2.30. The molecule has 0 radical (unpaired) electrons. The van der Waals surface area contributed by atoms with Gasteiger partial charge in [-0.25, -0.2) is 0 Å². The van der Waals surface area contributed by atoms with Gasteiger partial charge in [-0.15, -0.1) is 0 Å². The predicted molar refractivity (Wildman–Crippen MR) is 35.9 cm³/mol. The van der Waals surface area contributed by atoms with Gasteiger partial charge in [-0.2, -0.15) is 0 Å². The largest absolute Gasteiger partial charge is 0.0591 e. The first-order valence-electron chi connectivity index (χ1n) is 3.76. The summed E-state index contributed by atoms with van der Waals surface area (Å²) in [6.45, 7) is 1.15. The van der Waals surface area contributed by atoms with E-state index in [4.69, 9.17) is 2.74 Å². The molecule has 0 unspecified atom stereocenters. The van der Waals surface area contributed by atoms with Crippen molar-refractivity contribution in [1.29, 1.82) is 0 Å². The summed E-state index contributed by atoms with van der Waals surface area (Å²) in [6, 6.07) is 7.48. The Bertz CT molecular complexity index is 201. The second-order valence-corrected chi connectivity index (χ2v) is 1.91. The molecule has 0 N–H and O–H groups in total. The van der Waals surface area contributed by atoms with Crippen molar-refractivity contribution >= 4 is 0 Å². The fourth-order valence-electron chi connectivity index (χ4n) is 0.566. The Morgan fingerprint density at radius 3 is 2.12 bits per heavy atom. The zero-order valence-electron chi connectivity index (χ0n) is 6.89. The van der Waals surface area contributed by atoms with Gasteiger partial charge in [-0.1, -0.05) is 35.4 Å². The van der Waals surface area contributed by atoms with Crippen LogP contribution in [0.3, 0.4) is 0 Å². The summed E-state index contributed by atoms with van der Waals surface area (Å²) < 4.78 is 14.1. The van der Waals surface area contributed by atoms with E-state index >= 15 is 0 Å². The lowest BCUT2D eigenvalue weighted by atomic mass is 10.2. The third kappa shape index (κ3) is 1.09. The van der Waals surface area contributed by atoms with Crippen molar-refractivity contribution in [1.82, 2.24) is 0 Å². The third-order valence-electron chi connectivity index (χ3n) is 1.08. The van der Waals surface area contributed by atoms with E-state index in [0.717, 1.165) is 5.56 Å². The molecule has 1 aromatic carbocycles. The van der Waals surface area contributed by atoms with Crippen LogP contribution in [-0.4, -0.2) is 0 Å². The van der Waals surface area contributed by atoms with Crippen molar-refractivity contribution < 1.29 is 2.74 Å². The smallest absolute Gasteiger partial charge is 0.0280 e. The Balaban J connectivity index is 2.89. The van der Waals surface area contributed by atoms with Crippen molar-refractivity contribution in [2.24, 2.45) is 0 Å². The molecule has 0 atom stereocenters. The summed E-state index contributed by atoms with van der Waals surface area (Å²) >= 11 is 0. The molecule has 1 aromatic rings. The summed E-state index contributed by atoms with van der Waals surface area (Å²) in [5.74, 6) is 0. The Labute approximate surface area is 53.0 Å². The van der Waals surface area contributed by atoms with Crippen molar-refractivity contribution in [3.05, 3.63) is 35.4 Å². The summed E-state index contributed by atoms with van der Waals surface area (Å²) in [6.07, 6.45) is 0. The maximum atomic E-state index is 7.06. The lowest BCUT2D eigenvalue weighted by Gasteiger charge is -1.90. The first kappa shape index (κ1) is 3.29. The van der Waals surface area contributed by atoms with Crippen LogP contribution in [0.1, 0.15) is 13.9 Å². The van der Waals surface area contributed by atoms with E-state index in [2.05, 4.69) is 0 Å². The van der Waals surface area contributed by atoms with Gasteiger partial charge in [0, 0.05) is 2.74 Å². The summed E-state index contributed by atoms with van der Waals surface area (Å²) in [5, 5.41) is 0. The van der Waals surface area contributed by atoms with Gasteiger partial charge < -0.3 is 0 Å². The average Bonchev–Trinajstić information content (AvgIpc) is 1.88. The second kappa shape index (κ2) is 1.99. The summed E-state index contributed by atoms with van der Waals surface area (Å²) in [7, 11) is 0. The molecule has 8 heavy (non-hydrogen) atoms. The molecule has 1 rings (SSSR count). The minimum atomic E-state index is -0.847. The van der Waals surface area contributed by atoms with Gasteiger partial charge >= 0.3 is 0 Å². The highest BCUT2D eigenvalue weighted by Crippen LogP contribution is 1.99.